The van der Waals surface area contributed by atoms with E-state index in [-0.39, 0.29) is 5.91 Å². The molecule has 0 aliphatic carbocycles. The van der Waals surface area contributed by atoms with E-state index in [1.807, 2.05) is 44.2 Å². The van der Waals surface area contributed by atoms with Crippen LogP contribution in [0.3, 0.4) is 0 Å². The van der Waals surface area contributed by atoms with Crippen LogP contribution in [0.4, 0.5) is 5.69 Å². The molecule has 1 amide bonds. The minimum atomic E-state index is -0.0142. The van der Waals surface area contributed by atoms with E-state index in [4.69, 9.17) is 0 Å². The SMILES string of the molecule is CCn1c(SCC(=O)Nc2cc(C)cc(C)c2)nc2ccccc21. The topological polar surface area (TPSA) is 46.9 Å². The van der Waals surface area contributed by atoms with Gasteiger partial charge in [-0.3, -0.25) is 4.79 Å². The lowest BCUT2D eigenvalue weighted by atomic mass is 10.1. The van der Waals surface area contributed by atoms with Gasteiger partial charge in [0, 0.05) is 12.2 Å². The summed E-state index contributed by atoms with van der Waals surface area (Å²) in [6, 6.07) is 14.1. The van der Waals surface area contributed by atoms with Crippen LogP contribution in [-0.2, 0) is 11.3 Å². The van der Waals surface area contributed by atoms with Crippen molar-refractivity contribution in [2.24, 2.45) is 0 Å². The molecule has 0 aliphatic rings. The fourth-order valence-electron chi connectivity index (χ4n) is 2.84. The van der Waals surface area contributed by atoms with Gasteiger partial charge in [-0.2, -0.15) is 0 Å². The van der Waals surface area contributed by atoms with Crippen molar-refractivity contribution in [3.8, 4) is 0 Å². The lowest BCUT2D eigenvalue weighted by Crippen LogP contribution is -2.14. The Morgan fingerprint density at radius 1 is 1.17 bits per heavy atom. The predicted molar refractivity (Wildman–Crippen MR) is 101 cm³/mol. The van der Waals surface area contributed by atoms with Gasteiger partial charge in [0.2, 0.25) is 5.91 Å². The van der Waals surface area contributed by atoms with E-state index in [2.05, 4.69) is 33.9 Å². The van der Waals surface area contributed by atoms with Crippen molar-refractivity contribution in [1.82, 2.24) is 9.55 Å². The average Bonchev–Trinajstić information content (AvgIpc) is 2.89. The number of aryl methyl sites for hydroxylation is 3. The number of nitrogens with one attached hydrogen (secondary N) is 1. The summed E-state index contributed by atoms with van der Waals surface area (Å²) in [6.07, 6.45) is 0. The Bertz CT molecular complexity index is 865. The second kappa shape index (κ2) is 7.09. The fraction of sp³-hybridized carbons (Fsp3) is 0.263. The molecule has 1 N–H and O–H groups in total. The van der Waals surface area contributed by atoms with Gasteiger partial charge >= 0.3 is 0 Å². The highest BCUT2D eigenvalue weighted by atomic mass is 32.2. The minimum absolute atomic E-state index is 0.0142. The zero-order valence-corrected chi connectivity index (χ0v) is 15.0. The van der Waals surface area contributed by atoms with Gasteiger partial charge in [-0.05, 0) is 56.2 Å². The highest BCUT2D eigenvalue weighted by Crippen LogP contribution is 2.24. The smallest absolute Gasteiger partial charge is 0.234 e. The second-order valence-electron chi connectivity index (χ2n) is 5.84. The molecule has 0 fully saturated rings. The number of carbonyl (C=O) groups is 1. The van der Waals surface area contributed by atoms with Crippen molar-refractivity contribution < 1.29 is 4.79 Å². The molecule has 0 radical (unpaired) electrons. The lowest BCUT2D eigenvalue weighted by Gasteiger charge is -2.08. The third kappa shape index (κ3) is 3.62. The van der Waals surface area contributed by atoms with Crippen molar-refractivity contribution in [3.05, 3.63) is 53.6 Å². The molecule has 4 nitrogen and oxygen atoms in total. The molecule has 1 aromatic heterocycles. The number of para-hydroxylation sites is 2. The number of aromatic nitrogens is 2. The first-order chi connectivity index (χ1) is 11.6. The molecule has 2 aromatic carbocycles. The maximum Gasteiger partial charge on any atom is 0.234 e. The highest BCUT2D eigenvalue weighted by molar-refractivity contribution is 7.99. The summed E-state index contributed by atoms with van der Waals surface area (Å²) < 4.78 is 2.14. The van der Waals surface area contributed by atoms with E-state index in [1.165, 1.54) is 11.8 Å². The molecule has 3 rings (SSSR count). The Morgan fingerprint density at radius 3 is 2.58 bits per heavy atom. The van der Waals surface area contributed by atoms with Crippen LogP contribution in [0.25, 0.3) is 11.0 Å². The summed E-state index contributed by atoms with van der Waals surface area (Å²) >= 11 is 1.47. The number of anilines is 1. The van der Waals surface area contributed by atoms with Crippen molar-refractivity contribution >= 4 is 34.4 Å². The molecule has 1 heterocycles. The molecule has 124 valence electrons. The predicted octanol–water partition coefficient (Wildman–Crippen LogP) is 4.40. The summed E-state index contributed by atoms with van der Waals surface area (Å²) in [5, 5.41) is 3.85. The van der Waals surface area contributed by atoms with Crippen LogP contribution in [0.1, 0.15) is 18.1 Å². The number of benzene rings is 2. The average molecular weight is 339 g/mol. The Hall–Kier alpha value is -2.27. The van der Waals surface area contributed by atoms with Gasteiger partial charge < -0.3 is 9.88 Å². The second-order valence-corrected chi connectivity index (χ2v) is 6.78. The molecular formula is C19H21N3OS. The first-order valence-corrected chi connectivity index (χ1v) is 9.01. The zero-order valence-electron chi connectivity index (χ0n) is 14.2. The Balaban J connectivity index is 1.70. The standard InChI is InChI=1S/C19H21N3OS/c1-4-22-17-8-6-5-7-16(17)21-19(22)24-12-18(23)20-15-10-13(2)9-14(3)11-15/h5-11H,4,12H2,1-3H3,(H,20,23). The van der Waals surface area contributed by atoms with E-state index in [0.717, 1.165) is 39.5 Å². The quantitative estimate of drug-likeness (QED) is 0.701. The molecule has 24 heavy (non-hydrogen) atoms. The van der Waals surface area contributed by atoms with Crippen molar-refractivity contribution in [1.29, 1.82) is 0 Å². The third-order valence-corrected chi connectivity index (χ3v) is 4.75. The van der Waals surface area contributed by atoms with E-state index >= 15 is 0 Å². The van der Waals surface area contributed by atoms with Crippen LogP contribution >= 0.6 is 11.8 Å². The number of thioether (sulfide) groups is 1. The highest BCUT2D eigenvalue weighted by Gasteiger charge is 2.12. The summed E-state index contributed by atoms with van der Waals surface area (Å²) in [6.45, 7) is 6.98. The fourth-order valence-corrected chi connectivity index (χ4v) is 3.72. The van der Waals surface area contributed by atoms with Crippen LogP contribution in [-0.4, -0.2) is 21.2 Å². The summed E-state index contributed by atoms with van der Waals surface area (Å²) in [5.41, 5.74) is 5.22. The van der Waals surface area contributed by atoms with Crippen LogP contribution in [0.5, 0.6) is 0 Å². The summed E-state index contributed by atoms with van der Waals surface area (Å²) in [4.78, 5) is 16.9. The van der Waals surface area contributed by atoms with Crippen molar-refractivity contribution in [3.63, 3.8) is 0 Å². The summed E-state index contributed by atoms with van der Waals surface area (Å²) in [5.74, 6) is 0.329. The molecule has 0 aliphatic heterocycles. The van der Waals surface area contributed by atoms with Crippen molar-refractivity contribution in [2.75, 3.05) is 11.1 Å². The number of amides is 1. The van der Waals surface area contributed by atoms with Crippen LogP contribution in [0.2, 0.25) is 0 Å². The third-order valence-electron chi connectivity index (χ3n) is 3.77. The zero-order chi connectivity index (χ0) is 17.1. The molecule has 3 aromatic rings. The number of imidazole rings is 1. The lowest BCUT2D eigenvalue weighted by molar-refractivity contribution is -0.113. The number of hydrogen-bond acceptors (Lipinski definition) is 3. The number of nitrogens with zero attached hydrogens (tertiary/aromatic N) is 2. The van der Waals surface area contributed by atoms with Gasteiger partial charge in [0.25, 0.3) is 0 Å². The normalized spacial score (nSPS) is 11.0. The van der Waals surface area contributed by atoms with Crippen LogP contribution in [0, 0.1) is 13.8 Å². The molecule has 5 heteroatoms. The van der Waals surface area contributed by atoms with Crippen molar-refractivity contribution in [2.45, 2.75) is 32.5 Å². The molecule has 0 saturated heterocycles. The Morgan fingerprint density at radius 2 is 1.88 bits per heavy atom. The van der Waals surface area contributed by atoms with Crippen LogP contribution < -0.4 is 5.32 Å². The van der Waals surface area contributed by atoms with Gasteiger partial charge in [-0.1, -0.05) is 30.0 Å². The van der Waals surface area contributed by atoms with Gasteiger partial charge in [0.1, 0.15) is 0 Å². The van der Waals surface area contributed by atoms with E-state index in [9.17, 15) is 4.79 Å². The van der Waals surface area contributed by atoms with E-state index in [1.54, 1.807) is 0 Å². The van der Waals surface area contributed by atoms with Gasteiger partial charge in [0.15, 0.2) is 5.16 Å². The van der Waals surface area contributed by atoms with E-state index < -0.39 is 0 Å². The number of carbonyl (C=O) groups excluding carboxylic acids is 1. The molecule has 0 atom stereocenters. The summed E-state index contributed by atoms with van der Waals surface area (Å²) in [7, 11) is 0. The maximum absolute atomic E-state index is 12.3. The number of rotatable bonds is 5. The largest absolute Gasteiger partial charge is 0.325 e. The first kappa shape index (κ1) is 16.6. The van der Waals surface area contributed by atoms with E-state index in [0.29, 0.717) is 5.75 Å². The number of hydrogen-bond donors (Lipinski definition) is 1. The molecule has 0 saturated carbocycles. The van der Waals surface area contributed by atoms with Gasteiger partial charge in [0.05, 0.1) is 16.8 Å². The van der Waals surface area contributed by atoms with Crippen LogP contribution in [0.15, 0.2) is 47.6 Å². The molecule has 0 unspecified atom stereocenters. The Kier molecular flexibility index (Phi) is 4.90. The number of fused-ring (bicyclic) bond motifs is 1. The molecule has 0 bridgehead atoms. The minimum Gasteiger partial charge on any atom is -0.325 e. The molecular weight excluding hydrogens is 318 g/mol. The monoisotopic (exact) mass is 339 g/mol. The maximum atomic E-state index is 12.3. The first-order valence-electron chi connectivity index (χ1n) is 8.03. The van der Waals surface area contributed by atoms with Gasteiger partial charge in [-0.25, -0.2) is 4.98 Å². The molecule has 0 spiro atoms. The van der Waals surface area contributed by atoms with Gasteiger partial charge in [-0.15, -0.1) is 0 Å². The Labute approximate surface area is 146 Å².